The van der Waals surface area contributed by atoms with Crippen LogP contribution >= 0.6 is 0 Å². The minimum Gasteiger partial charge on any atom is -0.467 e. The summed E-state index contributed by atoms with van der Waals surface area (Å²) in [4.78, 5) is 28.7. The topological polar surface area (TPSA) is 111 Å². The smallest absolute Gasteiger partial charge is 0.329 e. The number of carbonyl (C=O) groups is 1. The SMILES string of the molecule is COc1nccc(N[C@@H](CCN(CCCCc2ccc3c(n2)NCCC3)C[C@@H](C)OC)C(=O)OC(C)(C)C)n1. The Kier molecular flexibility index (Phi) is 11.7. The first-order valence-corrected chi connectivity index (χ1v) is 14.0. The Hall–Kier alpha value is -2.98. The van der Waals surface area contributed by atoms with Gasteiger partial charge in [0.15, 0.2) is 0 Å². The summed E-state index contributed by atoms with van der Waals surface area (Å²) in [6, 6.07) is 5.76. The molecule has 0 aromatic carbocycles. The van der Waals surface area contributed by atoms with E-state index in [-0.39, 0.29) is 18.1 Å². The Morgan fingerprint density at radius 3 is 2.72 bits per heavy atom. The first kappa shape index (κ1) is 30.6. The number of unbranched alkanes of at least 4 members (excludes halogenated alkanes) is 1. The van der Waals surface area contributed by atoms with Crippen LogP contribution in [0, 0.1) is 0 Å². The molecule has 2 N–H and O–H groups in total. The van der Waals surface area contributed by atoms with Gasteiger partial charge >= 0.3 is 12.0 Å². The zero-order valence-electron chi connectivity index (χ0n) is 24.5. The largest absolute Gasteiger partial charge is 0.467 e. The van der Waals surface area contributed by atoms with Crippen molar-refractivity contribution in [2.45, 2.75) is 84.0 Å². The fraction of sp³-hybridized carbons (Fsp3) is 0.655. The second kappa shape index (κ2) is 15.0. The number of hydrogen-bond donors (Lipinski definition) is 2. The molecule has 0 amide bonds. The molecular weight excluding hydrogens is 496 g/mol. The van der Waals surface area contributed by atoms with E-state index in [2.05, 4.69) is 44.6 Å². The van der Waals surface area contributed by atoms with E-state index in [0.29, 0.717) is 18.8 Å². The average Bonchev–Trinajstić information content (AvgIpc) is 2.91. The Labute approximate surface area is 233 Å². The number of pyridine rings is 1. The van der Waals surface area contributed by atoms with Gasteiger partial charge in [-0.1, -0.05) is 6.07 Å². The molecule has 0 saturated carbocycles. The number of methoxy groups -OCH3 is 2. The van der Waals surface area contributed by atoms with Crippen molar-refractivity contribution in [3.8, 4) is 6.01 Å². The summed E-state index contributed by atoms with van der Waals surface area (Å²) in [6.45, 7) is 11.1. The van der Waals surface area contributed by atoms with Crippen molar-refractivity contribution in [2.24, 2.45) is 0 Å². The predicted molar refractivity (Wildman–Crippen MR) is 153 cm³/mol. The summed E-state index contributed by atoms with van der Waals surface area (Å²) in [7, 11) is 3.24. The Morgan fingerprint density at radius 2 is 1.97 bits per heavy atom. The third-order valence-corrected chi connectivity index (χ3v) is 6.59. The van der Waals surface area contributed by atoms with Crippen LogP contribution in [0.1, 0.15) is 64.6 Å². The van der Waals surface area contributed by atoms with Gasteiger partial charge in [-0.15, -0.1) is 0 Å². The summed E-state index contributed by atoms with van der Waals surface area (Å²) in [5.41, 5.74) is 1.86. The van der Waals surface area contributed by atoms with Crippen molar-refractivity contribution in [1.29, 1.82) is 0 Å². The maximum atomic E-state index is 13.1. The lowest BCUT2D eigenvalue weighted by Gasteiger charge is -2.29. The molecule has 0 fully saturated rings. The molecule has 2 aromatic rings. The van der Waals surface area contributed by atoms with E-state index in [4.69, 9.17) is 19.2 Å². The third kappa shape index (κ3) is 10.6. The molecule has 0 bridgehead atoms. The zero-order chi connectivity index (χ0) is 28.3. The number of fused-ring (bicyclic) bond motifs is 1. The van der Waals surface area contributed by atoms with Gasteiger partial charge in [0.25, 0.3) is 0 Å². The van der Waals surface area contributed by atoms with Crippen LogP contribution in [0.25, 0.3) is 0 Å². The van der Waals surface area contributed by atoms with Gasteiger partial charge in [0, 0.05) is 38.6 Å². The lowest BCUT2D eigenvalue weighted by Crippen LogP contribution is -2.41. The van der Waals surface area contributed by atoms with Crippen LogP contribution in [-0.2, 0) is 27.1 Å². The second-order valence-corrected chi connectivity index (χ2v) is 11.1. The van der Waals surface area contributed by atoms with Crippen molar-refractivity contribution in [1.82, 2.24) is 19.9 Å². The molecule has 216 valence electrons. The average molecular weight is 543 g/mol. The van der Waals surface area contributed by atoms with Crippen molar-refractivity contribution in [2.75, 3.05) is 51.0 Å². The number of hydrogen-bond acceptors (Lipinski definition) is 10. The molecule has 39 heavy (non-hydrogen) atoms. The molecule has 1 aliphatic heterocycles. The molecule has 0 spiro atoms. The Bertz CT molecular complexity index is 1040. The minimum absolute atomic E-state index is 0.0810. The Balaban J connectivity index is 1.59. The van der Waals surface area contributed by atoms with Gasteiger partial charge in [-0.3, -0.25) is 0 Å². The lowest BCUT2D eigenvalue weighted by atomic mass is 10.1. The quantitative estimate of drug-likeness (QED) is 0.252. The van der Waals surface area contributed by atoms with Crippen LogP contribution in [-0.4, -0.2) is 84.0 Å². The maximum Gasteiger partial charge on any atom is 0.329 e. The van der Waals surface area contributed by atoms with Crippen LogP contribution in [0.4, 0.5) is 11.6 Å². The number of aryl methyl sites for hydroxylation is 2. The number of nitrogens with zero attached hydrogens (tertiary/aromatic N) is 4. The molecule has 2 atom stereocenters. The van der Waals surface area contributed by atoms with Crippen LogP contribution in [0.15, 0.2) is 24.4 Å². The molecule has 0 radical (unpaired) electrons. The standard InChI is InChI=1S/C29H46N6O4/c1-21(37-5)20-35(18-8-7-11-23-13-12-22-10-9-16-30-26(22)32-23)19-15-24(27(36)39-29(2,3)4)33-25-14-17-31-28(34-25)38-6/h12-14,17,21,24H,7-11,15-16,18-20H2,1-6H3,(H,30,32)(H,31,33,34)/t21-,24+/m1/s1. The molecule has 0 saturated heterocycles. The maximum absolute atomic E-state index is 13.1. The van der Waals surface area contributed by atoms with Crippen molar-refractivity contribution in [3.63, 3.8) is 0 Å². The summed E-state index contributed by atoms with van der Waals surface area (Å²) >= 11 is 0. The zero-order valence-corrected chi connectivity index (χ0v) is 24.5. The van der Waals surface area contributed by atoms with E-state index in [1.807, 2.05) is 20.8 Å². The van der Waals surface area contributed by atoms with Crippen molar-refractivity contribution < 1.29 is 19.0 Å². The van der Waals surface area contributed by atoms with Crippen LogP contribution in [0.2, 0.25) is 0 Å². The van der Waals surface area contributed by atoms with Gasteiger partial charge in [0.2, 0.25) is 0 Å². The molecule has 10 heteroatoms. The molecule has 0 unspecified atom stereocenters. The predicted octanol–water partition coefficient (Wildman–Crippen LogP) is 4.11. The number of carbonyl (C=O) groups excluding carboxylic acids is 1. The van der Waals surface area contributed by atoms with Crippen LogP contribution < -0.4 is 15.4 Å². The second-order valence-electron chi connectivity index (χ2n) is 11.1. The van der Waals surface area contributed by atoms with Gasteiger partial charge in [-0.05, 0) is 90.5 Å². The Morgan fingerprint density at radius 1 is 1.15 bits per heavy atom. The first-order valence-electron chi connectivity index (χ1n) is 14.0. The molecule has 3 heterocycles. The summed E-state index contributed by atoms with van der Waals surface area (Å²) in [5, 5.41) is 6.66. The first-order chi connectivity index (χ1) is 18.7. The summed E-state index contributed by atoms with van der Waals surface area (Å²) in [5.74, 6) is 1.25. The van der Waals surface area contributed by atoms with E-state index < -0.39 is 11.6 Å². The van der Waals surface area contributed by atoms with E-state index in [1.165, 1.54) is 19.1 Å². The lowest BCUT2D eigenvalue weighted by molar-refractivity contribution is -0.156. The van der Waals surface area contributed by atoms with E-state index in [1.54, 1.807) is 19.4 Å². The monoisotopic (exact) mass is 542 g/mol. The highest BCUT2D eigenvalue weighted by Crippen LogP contribution is 2.20. The van der Waals surface area contributed by atoms with E-state index in [9.17, 15) is 4.79 Å². The molecule has 0 aliphatic carbocycles. The van der Waals surface area contributed by atoms with Crippen molar-refractivity contribution in [3.05, 3.63) is 35.7 Å². The highest BCUT2D eigenvalue weighted by Gasteiger charge is 2.26. The van der Waals surface area contributed by atoms with E-state index >= 15 is 0 Å². The van der Waals surface area contributed by atoms with Crippen LogP contribution in [0.3, 0.4) is 0 Å². The van der Waals surface area contributed by atoms with E-state index in [0.717, 1.165) is 56.8 Å². The molecular formula is C29H46N6O4. The number of esters is 1. The summed E-state index contributed by atoms with van der Waals surface area (Å²) in [6.07, 6.45) is 7.51. The van der Waals surface area contributed by atoms with Crippen molar-refractivity contribution >= 4 is 17.6 Å². The molecule has 1 aliphatic rings. The minimum atomic E-state index is -0.592. The number of aromatic nitrogens is 3. The van der Waals surface area contributed by atoms with Gasteiger partial charge in [0.05, 0.1) is 13.2 Å². The molecule has 2 aromatic heterocycles. The van der Waals surface area contributed by atoms with Gasteiger partial charge < -0.3 is 29.7 Å². The van der Waals surface area contributed by atoms with Gasteiger partial charge in [0.1, 0.15) is 23.3 Å². The highest BCUT2D eigenvalue weighted by molar-refractivity contribution is 5.79. The summed E-state index contributed by atoms with van der Waals surface area (Å²) < 4.78 is 16.4. The fourth-order valence-corrected chi connectivity index (χ4v) is 4.51. The highest BCUT2D eigenvalue weighted by atomic mass is 16.6. The number of ether oxygens (including phenoxy) is 3. The number of rotatable bonds is 15. The van der Waals surface area contributed by atoms with Gasteiger partial charge in [-0.2, -0.15) is 4.98 Å². The third-order valence-electron chi connectivity index (χ3n) is 6.59. The normalized spacial score (nSPS) is 14.7. The number of anilines is 2. The van der Waals surface area contributed by atoms with Gasteiger partial charge in [-0.25, -0.2) is 14.8 Å². The van der Waals surface area contributed by atoms with Crippen LogP contribution in [0.5, 0.6) is 6.01 Å². The molecule has 10 nitrogen and oxygen atoms in total. The fourth-order valence-electron chi connectivity index (χ4n) is 4.51. The molecule has 3 rings (SSSR count). The number of nitrogens with one attached hydrogen (secondary N) is 2.